The fraction of sp³-hybridized carbons (Fsp3) is 0. The summed E-state index contributed by atoms with van der Waals surface area (Å²) in [6, 6.07) is 47.9. The zero-order valence-corrected chi connectivity index (χ0v) is 20.4. The summed E-state index contributed by atoms with van der Waals surface area (Å²) in [6.07, 6.45) is 0. The van der Waals surface area contributed by atoms with Crippen molar-refractivity contribution in [3.8, 4) is 22.3 Å². The van der Waals surface area contributed by atoms with Crippen LogP contribution >= 0.6 is 11.3 Å². The van der Waals surface area contributed by atoms with Gasteiger partial charge in [-0.3, -0.25) is 0 Å². The highest BCUT2D eigenvalue weighted by Gasteiger charge is 2.10. The van der Waals surface area contributed by atoms with Crippen LogP contribution in [0.1, 0.15) is 0 Å². The maximum Gasteiger partial charge on any atom is 0.0384 e. The van der Waals surface area contributed by atoms with Gasteiger partial charge in [-0.05, 0) is 81.6 Å². The third-order valence-corrected chi connectivity index (χ3v) is 8.00. The Morgan fingerprint density at radius 1 is 0.417 bits per heavy atom. The standard InChI is InChI=1S/C34H23NS/c1-2-9-27(10-3-1)35-28-17-13-23(14-18-28)25-15-19-33-31(21-25)32-22-26(16-20-34(32)36-33)30-12-6-8-24-7-4-5-11-29(24)30/h1-22,35H. The molecule has 0 bridgehead atoms. The van der Waals surface area contributed by atoms with Gasteiger partial charge in [-0.15, -0.1) is 11.3 Å². The first kappa shape index (κ1) is 20.9. The van der Waals surface area contributed by atoms with Crippen LogP contribution in [-0.2, 0) is 0 Å². The molecule has 0 aliphatic carbocycles. The molecule has 0 unspecified atom stereocenters. The second-order valence-electron chi connectivity index (χ2n) is 9.12. The summed E-state index contributed by atoms with van der Waals surface area (Å²) < 4.78 is 2.65. The highest BCUT2D eigenvalue weighted by Crippen LogP contribution is 2.39. The van der Waals surface area contributed by atoms with Crippen LogP contribution in [0.25, 0.3) is 53.2 Å². The lowest BCUT2D eigenvalue weighted by Crippen LogP contribution is -1.89. The maximum atomic E-state index is 3.47. The largest absolute Gasteiger partial charge is 0.356 e. The molecule has 170 valence electrons. The minimum atomic E-state index is 1.09. The van der Waals surface area contributed by atoms with Crippen molar-refractivity contribution in [1.29, 1.82) is 0 Å². The summed E-state index contributed by atoms with van der Waals surface area (Å²) in [5.74, 6) is 0. The Labute approximate surface area is 214 Å². The molecule has 0 radical (unpaired) electrons. The molecule has 0 saturated heterocycles. The SMILES string of the molecule is c1ccc(Nc2ccc(-c3ccc4sc5ccc(-c6cccc7ccccc67)cc5c4c3)cc2)cc1. The molecule has 1 aromatic heterocycles. The summed E-state index contributed by atoms with van der Waals surface area (Å²) in [7, 11) is 0. The number of fused-ring (bicyclic) bond motifs is 4. The first-order chi connectivity index (χ1) is 17.8. The van der Waals surface area contributed by atoms with E-state index in [1.807, 2.05) is 29.5 Å². The number of para-hydroxylation sites is 1. The number of rotatable bonds is 4. The van der Waals surface area contributed by atoms with E-state index in [1.54, 1.807) is 0 Å². The summed E-state index contributed by atoms with van der Waals surface area (Å²) in [4.78, 5) is 0. The van der Waals surface area contributed by atoms with Crippen molar-refractivity contribution in [2.45, 2.75) is 0 Å². The van der Waals surface area contributed by atoms with E-state index in [-0.39, 0.29) is 0 Å². The van der Waals surface area contributed by atoms with Crippen molar-refractivity contribution >= 4 is 53.7 Å². The molecular formula is C34H23NS. The number of benzene rings is 6. The van der Waals surface area contributed by atoms with Crippen molar-refractivity contribution in [2.75, 3.05) is 5.32 Å². The first-order valence-electron chi connectivity index (χ1n) is 12.2. The maximum absolute atomic E-state index is 3.47. The van der Waals surface area contributed by atoms with E-state index in [2.05, 4.69) is 121 Å². The molecule has 1 N–H and O–H groups in total. The van der Waals surface area contributed by atoms with Crippen LogP contribution in [0.2, 0.25) is 0 Å². The normalized spacial score (nSPS) is 11.3. The van der Waals surface area contributed by atoms with Crippen molar-refractivity contribution in [1.82, 2.24) is 0 Å². The van der Waals surface area contributed by atoms with E-state index in [0.717, 1.165) is 11.4 Å². The van der Waals surface area contributed by atoms with Gasteiger partial charge in [0.1, 0.15) is 0 Å². The minimum Gasteiger partial charge on any atom is -0.356 e. The predicted octanol–water partition coefficient (Wildman–Crippen LogP) is 10.3. The second-order valence-corrected chi connectivity index (χ2v) is 10.2. The molecule has 0 spiro atoms. The molecule has 7 rings (SSSR count). The van der Waals surface area contributed by atoms with Crippen LogP contribution in [0.3, 0.4) is 0 Å². The molecule has 0 aliphatic rings. The lowest BCUT2D eigenvalue weighted by molar-refractivity contribution is 1.54. The molecule has 36 heavy (non-hydrogen) atoms. The topological polar surface area (TPSA) is 12.0 Å². The van der Waals surface area contributed by atoms with Crippen LogP contribution < -0.4 is 5.32 Å². The Bertz CT molecular complexity index is 1840. The third kappa shape index (κ3) is 3.73. The van der Waals surface area contributed by atoms with Crippen LogP contribution in [0.4, 0.5) is 11.4 Å². The first-order valence-corrected chi connectivity index (χ1v) is 13.0. The molecule has 1 nitrogen and oxygen atoms in total. The van der Waals surface area contributed by atoms with E-state index in [4.69, 9.17) is 0 Å². The van der Waals surface area contributed by atoms with Gasteiger partial charge in [0, 0.05) is 31.5 Å². The van der Waals surface area contributed by atoms with Crippen molar-refractivity contribution in [2.24, 2.45) is 0 Å². The van der Waals surface area contributed by atoms with Gasteiger partial charge in [-0.1, -0.05) is 84.9 Å². The summed E-state index contributed by atoms with van der Waals surface area (Å²) in [6.45, 7) is 0. The van der Waals surface area contributed by atoms with Gasteiger partial charge in [0.15, 0.2) is 0 Å². The van der Waals surface area contributed by atoms with E-state index in [9.17, 15) is 0 Å². The van der Waals surface area contributed by atoms with Gasteiger partial charge >= 0.3 is 0 Å². The average molecular weight is 478 g/mol. The Hall–Kier alpha value is -4.40. The van der Waals surface area contributed by atoms with Crippen molar-refractivity contribution in [3.05, 3.63) is 133 Å². The molecule has 2 heteroatoms. The highest BCUT2D eigenvalue weighted by atomic mass is 32.1. The third-order valence-electron chi connectivity index (χ3n) is 6.85. The van der Waals surface area contributed by atoms with Gasteiger partial charge < -0.3 is 5.32 Å². The van der Waals surface area contributed by atoms with Crippen LogP contribution in [0.15, 0.2) is 133 Å². The monoisotopic (exact) mass is 477 g/mol. The summed E-state index contributed by atoms with van der Waals surface area (Å²) >= 11 is 1.87. The van der Waals surface area contributed by atoms with Gasteiger partial charge in [0.05, 0.1) is 0 Å². The number of hydrogen-bond acceptors (Lipinski definition) is 2. The highest BCUT2D eigenvalue weighted by molar-refractivity contribution is 7.25. The lowest BCUT2D eigenvalue weighted by Gasteiger charge is -2.08. The van der Waals surface area contributed by atoms with E-state index >= 15 is 0 Å². The van der Waals surface area contributed by atoms with Gasteiger partial charge in [-0.25, -0.2) is 0 Å². The molecule has 0 saturated carbocycles. The predicted molar refractivity (Wildman–Crippen MR) is 157 cm³/mol. The Morgan fingerprint density at radius 2 is 1.03 bits per heavy atom. The zero-order valence-electron chi connectivity index (χ0n) is 19.6. The molecule has 6 aromatic carbocycles. The van der Waals surface area contributed by atoms with Gasteiger partial charge in [-0.2, -0.15) is 0 Å². The van der Waals surface area contributed by atoms with Crippen LogP contribution in [-0.4, -0.2) is 0 Å². The van der Waals surface area contributed by atoms with Crippen LogP contribution in [0.5, 0.6) is 0 Å². The molecule has 0 fully saturated rings. The molecular weight excluding hydrogens is 454 g/mol. The van der Waals surface area contributed by atoms with Crippen molar-refractivity contribution < 1.29 is 0 Å². The quantitative estimate of drug-likeness (QED) is 0.266. The lowest BCUT2D eigenvalue weighted by atomic mass is 9.96. The molecule has 0 aliphatic heterocycles. The summed E-state index contributed by atoms with van der Waals surface area (Å²) in [5, 5.41) is 8.68. The second kappa shape index (κ2) is 8.67. The number of anilines is 2. The van der Waals surface area contributed by atoms with Crippen LogP contribution in [0, 0.1) is 0 Å². The smallest absolute Gasteiger partial charge is 0.0384 e. The number of thiophene rings is 1. The zero-order chi connectivity index (χ0) is 23.9. The molecule has 1 heterocycles. The Balaban J connectivity index is 1.28. The Morgan fingerprint density at radius 3 is 1.83 bits per heavy atom. The fourth-order valence-corrected chi connectivity index (χ4v) is 6.10. The van der Waals surface area contributed by atoms with Gasteiger partial charge in [0.25, 0.3) is 0 Å². The number of hydrogen-bond donors (Lipinski definition) is 1. The van der Waals surface area contributed by atoms with Crippen molar-refractivity contribution in [3.63, 3.8) is 0 Å². The number of nitrogens with one attached hydrogen (secondary N) is 1. The molecule has 7 aromatic rings. The van der Waals surface area contributed by atoms with E-state index in [0.29, 0.717) is 0 Å². The van der Waals surface area contributed by atoms with Gasteiger partial charge in [0.2, 0.25) is 0 Å². The average Bonchev–Trinajstić information content (AvgIpc) is 3.31. The van der Waals surface area contributed by atoms with E-state index in [1.165, 1.54) is 53.2 Å². The molecule has 0 atom stereocenters. The molecule has 0 amide bonds. The van der Waals surface area contributed by atoms with E-state index < -0.39 is 0 Å². The summed E-state index contributed by atoms with van der Waals surface area (Å²) in [5.41, 5.74) is 7.20. The fourth-order valence-electron chi connectivity index (χ4n) is 5.04. The Kier molecular flexibility index (Phi) is 5.04. The minimum absolute atomic E-state index is 1.09.